The molecule has 0 amide bonds. The van der Waals surface area contributed by atoms with E-state index in [-0.39, 0.29) is 22.9 Å². The normalized spacial score (nSPS) is 10.4. The third-order valence-electron chi connectivity index (χ3n) is 3.74. The van der Waals surface area contributed by atoms with Gasteiger partial charge in [-0.1, -0.05) is 41.6 Å². The van der Waals surface area contributed by atoms with Crippen molar-refractivity contribution in [2.45, 2.75) is 11.8 Å². The fraction of sp³-hybridized carbons (Fsp3) is 0.105. The Kier molecular flexibility index (Phi) is 5.79. The molecule has 0 saturated carbocycles. The molecule has 27 heavy (non-hydrogen) atoms. The zero-order valence-electron chi connectivity index (χ0n) is 14.1. The molecule has 0 aliphatic heterocycles. The van der Waals surface area contributed by atoms with Crippen LogP contribution in [0.1, 0.15) is 11.1 Å². The Morgan fingerprint density at radius 3 is 2.81 bits per heavy atom. The van der Waals surface area contributed by atoms with Crippen LogP contribution in [0.3, 0.4) is 0 Å². The summed E-state index contributed by atoms with van der Waals surface area (Å²) in [5, 5.41) is 10.0. The van der Waals surface area contributed by atoms with E-state index in [2.05, 4.69) is 9.97 Å². The number of H-pyrrole nitrogens is 1. The van der Waals surface area contributed by atoms with Gasteiger partial charge < -0.3 is 9.72 Å². The Balaban J connectivity index is 2.01. The van der Waals surface area contributed by atoms with E-state index in [0.29, 0.717) is 22.0 Å². The van der Waals surface area contributed by atoms with Gasteiger partial charge in [0.25, 0.3) is 5.56 Å². The van der Waals surface area contributed by atoms with Crippen LogP contribution in [0.2, 0.25) is 5.02 Å². The average Bonchev–Trinajstić information content (AvgIpc) is 2.67. The summed E-state index contributed by atoms with van der Waals surface area (Å²) < 4.78 is 19.0. The number of halogens is 2. The van der Waals surface area contributed by atoms with Gasteiger partial charge in [0.15, 0.2) is 5.16 Å². The number of para-hydroxylation sites is 1. The molecule has 5 nitrogen and oxygen atoms in total. The van der Waals surface area contributed by atoms with Gasteiger partial charge in [-0.15, -0.1) is 0 Å². The number of thioether (sulfide) groups is 1. The second kappa shape index (κ2) is 8.25. The number of hydrogen-bond donors (Lipinski definition) is 1. The summed E-state index contributed by atoms with van der Waals surface area (Å²) >= 11 is 7.30. The quantitative estimate of drug-likeness (QED) is 0.506. The minimum absolute atomic E-state index is 0.0938. The summed E-state index contributed by atoms with van der Waals surface area (Å²) in [6.07, 6.45) is 1.77. The van der Waals surface area contributed by atoms with Crippen molar-refractivity contribution in [1.29, 1.82) is 5.26 Å². The molecular formula is C19H13ClFN3O2S. The highest BCUT2D eigenvalue weighted by Gasteiger charge is 2.17. The van der Waals surface area contributed by atoms with Crippen molar-refractivity contribution < 1.29 is 9.13 Å². The van der Waals surface area contributed by atoms with Crippen LogP contribution in [-0.4, -0.2) is 16.2 Å². The number of rotatable bonds is 5. The number of aromatic amines is 1. The lowest BCUT2D eigenvalue weighted by Gasteiger charge is -2.13. The van der Waals surface area contributed by atoms with Gasteiger partial charge in [-0.3, -0.25) is 4.79 Å². The van der Waals surface area contributed by atoms with Crippen LogP contribution >= 0.6 is 23.4 Å². The molecular weight excluding hydrogens is 389 g/mol. The third kappa shape index (κ3) is 4.13. The second-order valence-corrected chi connectivity index (χ2v) is 6.63. The molecule has 0 spiro atoms. The Morgan fingerprint density at radius 1 is 1.33 bits per heavy atom. The Labute approximate surface area is 163 Å². The molecule has 0 fully saturated rings. The van der Waals surface area contributed by atoms with Gasteiger partial charge in [0.05, 0.1) is 5.02 Å². The topological polar surface area (TPSA) is 78.8 Å². The van der Waals surface area contributed by atoms with Crippen molar-refractivity contribution in [3.8, 4) is 23.1 Å². The smallest absolute Gasteiger partial charge is 0.270 e. The molecule has 0 saturated heterocycles. The summed E-state index contributed by atoms with van der Waals surface area (Å²) in [5.74, 6) is -0.000312. The van der Waals surface area contributed by atoms with Gasteiger partial charge in [0.1, 0.15) is 35.5 Å². The standard InChI is InChI=1S/C19H13ClFN3O2S/c1-27-19-23-17(14(9-22)18(25)24-19)13-4-2-3-5-16(13)26-10-11-6-7-12(21)8-15(11)20/h2-8H,10H2,1H3,(H,23,24,25). The van der Waals surface area contributed by atoms with Crippen molar-refractivity contribution >= 4 is 23.4 Å². The van der Waals surface area contributed by atoms with Crippen molar-refractivity contribution in [1.82, 2.24) is 9.97 Å². The molecule has 1 N–H and O–H groups in total. The van der Waals surface area contributed by atoms with E-state index in [1.807, 2.05) is 6.07 Å². The molecule has 3 rings (SSSR count). The van der Waals surface area contributed by atoms with Crippen molar-refractivity contribution in [2.75, 3.05) is 6.26 Å². The maximum absolute atomic E-state index is 13.2. The van der Waals surface area contributed by atoms with E-state index in [1.165, 1.54) is 30.0 Å². The maximum Gasteiger partial charge on any atom is 0.270 e. The molecule has 0 bridgehead atoms. The maximum atomic E-state index is 13.2. The molecule has 136 valence electrons. The van der Waals surface area contributed by atoms with E-state index < -0.39 is 11.4 Å². The van der Waals surface area contributed by atoms with Crippen LogP contribution in [0.4, 0.5) is 4.39 Å². The molecule has 0 unspecified atom stereocenters. The average molecular weight is 402 g/mol. The van der Waals surface area contributed by atoms with Gasteiger partial charge in [-0.05, 0) is 30.5 Å². The van der Waals surface area contributed by atoms with E-state index in [9.17, 15) is 14.4 Å². The fourth-order valence-corrected chi connectivity index (χ4v) is 3.03. The SMILES string of the molecule is CSc1nc(-c2ccccc2OCc2ccc(F)cc2Cl)c(C#N)c(=O)[nH]1. The molecule has 1 heterocycles. The second-order valence-electron chi connectivity index (χ2n) is 5.43. The number of nitriles is 1. The first-order valence-corrected chi connectivity index (χ1v) is 9.38. The van der Waals surface area contributed by atoms with Gasteiger partial charge in [-0.25, -0.2) is 9.37 Å². The van der Waals surface area contributed by atoms with Crippen molar-refractivity contribution in [3.63, 3.8) is 0 Å². The highest BCUT2D eigenvalue weighted by Crippen LogP contribution is 2.31. The van der Waals surface area contributed by atoms with E-state index >= 15 is 0 Å². The van der Waals surface area contributed by atoms with E-state index in [4.69, 9.17) is 16.3 Å². The number of benzene rings is 2. The van der Waals surface area contributed by atoms with E-state index in [0.717, 1.165) is 0 Å². The minimum Gasteiger partial charge on any atom is -0.488 e. The molecule has 0 radical (unpaired) electrons. The van der Waals surface area contributed by atoms with Crippen molar-refractivity contribution in [2.24, 2.45) is 0 Å². The summed E-state index contributed by atoms with van der Waals surface area (Å²) in [5.41, 5.74) is 0.754. The van der Waals surface area contributed by atoms with Crippen LogP contribution in [0.25, 0.3) is 11.3 Å². The third-order valence-corrected chi connectivity index (χ3v) is 4.68. The van der Waals surface area contributed by atoms with Crippen LogP contribution in [-0.2, 0) is 6.61 Å². The molecule has 8 heteroatoms. The molecule has 1 aromatic heterocycles. The summed E-state index contributed by atoms with van der Waals surface area (Å²) in [6.45, 7) is 0.0938. The molecule has 0 aliphatic rings. The Hall–Kier alpha value is -2.82. The summed E-state index contributed by atoms with van der Waals surface area (Å²) in [6, 6.07) is 12.9. The highest BCUT2D eigenvalue weighted by atomic mass is 35.5. The van der Waals surface area contributed by atoms with E-state index in [1.54, 1.807) is 30.5 Å². The van der Waals surface area contributed by atoms with Crippen LogP contribution < -0.4 is 10.3 Å². The monoisotopic (exact) mass is 401 g/mol. The zero-order chi connectivity index (χ0) is 19.4. The molecule has 2 aromatic carbocycles. The molecule has 0 aliphatic carbocycles. The number of aromatic nitrogens is 2. The molecule has 3 aromatic rings. The van der Waals surface area contributed by atoms with Gasteiger partial charge in [-0.2, -0.15) is 5.26 Å². The molecule has 0 atom stereocenters. The summed E-state index contributed by atoms with van der Waals surface area (Å²) in [7, 11) is 0. The first-order chi connectivity index (χ1) is 13.0. The predicted octanol–water partition coefficient (Wildman–Crippen LogP) is 4.40. The lowest BCUT2D eigenvalue weighted by molar-refractivity contribution is 0.307. The van der Waals surface area contributed by atoms with Gasteiger partial charge >= 0.3 is 0 Å². The lowest BCUT2D eigenvalue weighted by atomic mass is 10.1. The predicted molar refractivity (Wildman–Crippen MR) is 103 cm³/mol. The first kappa shape index (κ1) is 19.0. The fourth-order valence-electron chi connectivity index (χ4n) is 2.43. The Morgan fingerprint density at radius 2 is 2.11 bits per heavy atom. The summed E-state index contributed by atoms with van der Waals surface area (Å²) in [4.78, 5) is 19.1. The first-order valence-electron chi connectivity index (χ1n) is 7.78. The van der Waals surface area contributed by atoms with Crippen LogP contribution in [0, 0.1) is 17.1 Å². The lowest BCUT2D eigenvalue weighted by Crippen LogP contribution is -2.15. The van der Waals surface area contributed by atoms with Crippen LogP contribution in [0.15, 0.2) is 52.4 Å². The van der Waals surface area contributed by atoms with Crippen molar-refractivity contribution in [3.05, 3.63) is 74.8 Å². The number of ether oxygens (including phenoxy) is 1. The number of hydrogen-bond acceptors (Lipinski definition) is 5. The number of nitrogens with zero attached hydrogens (tertiary/aromatic N) is 2. The largest absolute Gasteiger partial charge is 0.488 e. The van der Waals surface area contributed by atoms with Gasteiger partial charge in [0, 0.05) is 11.1 Å². The zero-order valence-corrected chi connectivity index (χ0v) is 15.7. The highest BCUT2D eigenvalue weighted by molar-refractivity contribution is 7.98. The Bertz CT molecular complexity index is 1100. The van der Waals surface area contributed by atoms with Crippen LogP contribution in [0.5, 0.6) is 5.75 Å². The number of nitrogens with one attached hydrogen (secondary N) is 1. The van der Waals surface area contributed by atoms with Gasteiger partial charge in [0.2, 0.25) is 0 Å². The minimum atomic E-state index is -0.511.